The van der Waals surface area contributed by atoms with Gasteiger partial charge in [-0.15, -0.1) is 0 Å². The molecule has 0 saturated heterocycles. The van der Waals surface area contributed by atoms with E-state index in [1.165, 1.54) is 0 Å². The molecule has 0 radical (unpaired) electrons. The van der Waals surface area contributed by atoms with E-state index in [-0.39, 0.29) is 5.57 Å². The van der Waals surface area contributed by atoms with Gasteiger partial charge in [-0.3, -0.25) is 0 Å². The Morgan fingerprint density at radius 1 is 1.60 bits per heavy atom. The van der Waals surface area contributed by atoms with Gasteiger partial charge in [-0.25, -0.2) is 4.79 Å². The number of carboxylic acid groups (broad SMARTS) is 1. The smallest absolute Gasteiger partial charge is 0.334 e. The Labute approximate surface area is 60.0 Å². The summed E-state index contributed by atoms with van der Waals surface area (Å²) in [5.41, 5.74) is 0.0850. The zero-order chi connectivity index (χ0) is 7.98. The summed E-state index contributed by atoms with van der Waals surface area (Å²) < 4.78 is 0. The second-order valence-corrected chi connectivity index (χ2v) is 2.06. The van der Waals surface area contributed by atoms with Gasteiger partial charge in [0.05, 0.1) is 11.8 Å². The van der Waals surface area contributed by atoms with Crippen molar-refractivity contribution in [3.8, 4) is 0 Å². The molecule has 0 spiro atoms. The molecular formula is C7H12O3. The van der Waals surface area contributed by atoms with Gasteiger partial charge in [-0.2, -0.15) is 0 Å². The molecule has 0 atom stereocenters. The van der Waals surface area contributed by atoms with Gasteiger partial charge in [-0.05, 0) is 12.8 Å². The molecule has 0 aliphatic heterocycles. The van der Waals surface area contributed by atoms with E-state index < -0.39 is 5.97 Å². The summed E-state index contributed by atoms with van der Waals surface area (Å²) in [6.45, 7) is 1.97. The SMILES string of the molecule is CCCCC(=CO)C(=O)O. The van der Waals surface area contributed by atoms with Crippen LogP contribution in [-0.4, -0.2) is 16.2 Å². The Hall–Kier alpha value is -0.990. The minimum Gasteiger partial charge on any atom is -0.515 e. The molecule has 0 bridgehead atoms. The van der Waals surface area contributed by atoms with Gasteiger partial charge < -0.3 is 10.2 Å². The van der Waals surface area contributed by atoms with E-state index in [0.717, 1.165) is 12.8 Å². The van der Waals surface area contributed by atoms with E-state index >= 15 is 0 Å². The van der Waals surface area contributed by atoms with Crippen molar-refractivity contribution in [3.05, 3.63) is 11.8 Å². The van der Waals surface area contributed by atoms with Crippen molar-refractivity contribution < 1.29 is 15.0 Å². The highest BCUT2D eigenvalue weighted by atomic mass is 16.4. The Balaban J connectivity index is 3.74. The predicted molar refractivity (Wildman–Crippen MR) is 37.9 cm³/mol. The number of unbranched alkanes of at least 4 members (excludes halogenated alkanes) is 1. The molecule has 0 aromatic rings. The van der Waals surface area contributed by atoms with Crippen molar-refractivity contribution in [1.82, 2.24) is 0 Å². The first-order chi connectivity index (χ1) is 4.72. The van der Waals surface area contributed by atoms with Crippen LogP contribution >= 0.6 is 0 Å². The maximum absolute atomic E-state index is 10.2. The van der Waals surface area contributed by atoms with Crippen LogP contribution in [0.2, 0.25) is 0 Å². The van der Waals surface area contributed by atoms with Gasteiger partial charge in [0.15, 0.2) is 0 Å². The molecular weight excluding hydrogens is 132 g/mol. The highest BCUT2D eigenvalue weighted by molar-refractivity contribution is 5.86. The molecule has 0 rings (SSSR count). The number of hydrogen-bond acceptors (Lipinski definition) is 2. The van der Waals surface area contributed by atoms with Crippen LogP contribution in [0.3, 0.4) is 0 Å². The Kier molecular flexibility index (Phi) is 4.37. The highest BCUT2D eigenvalue weighted by Gasteiger charge is 2.04. The van der Waals surface area contributed by atoms with Crippen LogP contribution in [0.1, 0.15) is 26.2 Å². The summed E-state index contributed by atoms with van der Waals surface area (Å²) in [7, 11) is 0. The molecule has 0 aliphatic carbocycles. The third-order valence-electron chi connectivity index (χ3n) is 1.23. The van der Waals surface area contributed by atoms with Gasteiger partial charge in [0.1, 0.15) is 0 Å². The maximum atomic E-state index is 10.2. The second kappa shape index (κ2) is 4.85. The average molecular weight is 144 g/mol. The molecule has 0 heterocycles. The van der Waals surface area contributed by atoms with Crippen LogP contribution in [0.4, 0.5) is 0 Å². The Bertz CT molecular complexity index is 138. The predicted octanol–water partition coefficient (Wildman–Crippen LogP) is 1.70. The number of hydrogen-bond donors (Lipinski definition) is 2. The number of aliphatic hydroxyl groups excluding tert-OH is 1. The minimum absolute atomic E-state index is 0.0850. The van der Waals surface area contributed by atoms with E-state index in [2.05, 4.69) is 0 Å². The van der Waals surface area contributed by atoms with Crippen molar-refractivity contribution in [1.29, 1.82) is 0 Å². The lowest BCUT2D eigenvalue weighted by atomic mass is 10.1. The fourth-order valence-corrected chi connectivity index (χ4v) is 0.594. The standard InChI is InChI=1S/C7H12O3/c1-2-3-4-6(5-8)7(9)10/h5,8H,2-4H2,1H3,(H,9,10). The normalized spacial score (nSPS) is 11.5. The zero-order valence-corrected chi connectivity index (χ0v) is 6.00. The minimum atomic E-state index is -1.03. The van der Waals surface area contributed by atoms with Gasteiger partial charge >= 0.3 is 5.97 Å². The molecule has 58 valence electrons. The number of aliphatic hydroxyl groups is 1. The number of carbonyl (C=O) groups is 1. The Morgan fingerprint density at radius 2 is 2.20 bits per heavy atom. The lowest BCUT2D eigenvalue weighted by Crippen LogP contribution is -2.00. The summed E-state index contributed by atoms with van der Waals surface area (Å²) in [5, 5.41) is 16.8. The Morgan fingerprint density at radius 3 is 2.50 bits per heavy atom. The highest BCUT2D eigenvalue weighted by Crippen LogP contribution is 2.05. The third kappa shape index (κ3) is 3.12. The van der Waals surface area contributed by atoms with E-state index in [1.54, 1.807) is 0 Å². The third-order valence-corrected chi connectivity index (χ3v) is 1.23. The van der Waals surface area contributed by atoms with Crippen LogP contribution in [0.25, 0.3) is 0 Å². The van der Waals surface area contributed by atoms with E-state index in [9.17, 15) is 4.79 Å². The first-order valence-corrected chi connectivity index (χ1v) is 3.29. The molecule has 0 saturated carbocycles. The molecule has 0 amide bonds. The second-order valence-electron chi connectivity index (χ2n) is 2.06. The molecule has 0 aliphatic rings. The molecule has 2 N–H and O–H groups in total. The molecule has 10 heavy (non-hydrogen) atoms. The lowest BCUT2D eigenvalue weighted by molar-refractivity contribution is -0.132. The molecule has 3 nitrogen and oxygen atoms in total. The quantitative estimate of drug-likeness (QED) is 0.466. The van der Waals surface area contributed by atoms with Crippen LogP contribution < -0.4 is 0 Å². The molecule has 0 unspecified atom stereocenters. The summed E-state index contributed by atoms with van der Waals surface area (Å²) in [6.07, 6.45) is 2.85. The topological polar surface area (TPSA) is 57.5 Å². The first-order valence-electron chi connectivity index (χ1n) is 3.29. The van der Waals surface area contributed by atoms with Crippen molar-refractivity contribution in [2.45, 2.75) is 26.2 Å². The van der Waals surface area contributed by atoms with Gasteiger partial charge in [-0.1, -0.05) is 13.3 Å². The van der Waals surface area contributed by atoms with Gasteiger partial charge in [0.25, 0.3) is 0 Å². The number of aliphatic carboxylic acids is 1. The summed E-state index contributed by atoms with van der Waals surface area (Å²) in [5.74, 6) is -1.03. The monoisotopic (exact) mass is 144 g/mol. The first kappa shape index (κ1) is 9.01. The maximum Gasteiger partial charge on any atom is 0.334 e. The zero-order valence-electron chi connectivity index (χ0n) is 6.00. The van der Waals surface area contributed by atoms with Crippen molar-refractivity contribution in [3.63, 3.8) is 0 Å². The number of carboxylic acids is 1. The fraction of sp³-hybridized carbons (Fsp3) is 0.571. The van der Waals surface area contributed by atoms with E-state index in [1.807, 2.05) is 6.92 Å². The van der Waals surface area contributed by atoms with Crippen LogP contribution in [0.5, 0.6) is 0 Å². The summed E-state index contributed by atoms with van der Waals surface area (Å²) in [6, 6.07) is 0. The summed E-state index contributed by atoms with van der Waals surface area (Å²) >= 11 is 0. The van der Waals surface area contributed by atoms with Crippen molar-refractivity contribution >= 4 is 5.97 Å². The van der Waals surface area contributed by atoms with Crippen molar-refractivity contribution in [2.24, 2.45) is 0 Å². The summed E-state index contributed by atoms with van der Waals surface area (Å²) in [4.78, 5) is 10.2. The fourth-order valence-electron chi connectivity index (χ4n) is 0.594. The van der Waals surface area contributed by atoms with Gasteiger partial charge in [0, 0.05) is 0 Å². The van der Waals surface area contributed by atoms with Crippen molar-refractivity contribution in [2.75, 3.05) is 0 Å². The number of rotatable bonds is 4. The van der Waals surface area contributed by atoms with Crippen LogP contribution in [0, 0.1) is 0 Å². The molecule has 0 aromatic carbocycles. The molecule has 0 aromatic heterocycles. The van der Waals surface area contributed by atoms with Crippen LogP contribution in [-0.2, 0) is 4.79 Å². The molecule has 0 fully saturated rings. The average Bonchev–Trinajstić information content (AvgIpc) is 1.89. The van der Waals surface area contributed by atoms with Crippen LogP contribution in [0.15, 0.2) is 11.8 Å². The molecule has 3 heteroatoms. The van der Waals surface area contributed by atoms with E-state index in [4.69, 9.17) is 10.2 Å². The van der Waals surface area contributed by atoms with E-state index in [0.29, 0.717) is 12.7 Å². The van der Waals surface area contributed by atoms with Gasteiger partial charge in [0.2, 0.25) is 0 Å². The lowest BCUT2D eigenvalue weighted by Gasteiger charge is -1.96. The largest absolute Gasteiger partial charge is 0.515 e.